The van der Waals surface area contributed by atoms with Crippen molar-refractivity contribution in [3.63, 3.8) is 0 Å². The van der Waals surface area contributed by atoms with Crippen LogP contribution in [0.3, 0.4) is 0 Å². The van der Waals surface area contributed by atoms with Crippen molar-refractivity contribution in [2.45, 2.75) is 46.3 Å². The third-order valence-corrected chi connectivity index (χ3v) is 3.47. The lowest BCUT2D eigenvalue weighted by atomic mass is 10.1. The highest BCUT2D eigenvalue weighted by atomic mass is 35.5. The summed E-state index contributed by atoms with van der Waals surface area (Å²) in [6.07, 6.45) is 1.58. The number of anilines is 1. The van der Waals surface area contributed by atoms with E-state index in [-0.39, 0.29) is 18.3 Å². The molecule has 0 saturated heterocycles. The number of carbonyl (C=O) groups excluding carboxylic acids is 1. The highest BCUT2D eigenvalue weighted by molar-refractivity contribution is 5.95. The van der Waals surface area contributed by atoms with Crippen LogP contribution in [-0.2, 0) is 20.9 Å². The molecule has 1 atom stereocenters. The maximum Gasteiger partial charge on any atom is 0.241 e. The zero-order chi connectivity index (χ0) is 16.4. The summed E-state index contributed by atoms with van der Waals surface area (Å²) in [6.45, 7) is 8.30. The van der Waals surface area contributed by atoms with E-state index in [1.54, 1.807) is 0 Å². The molecule has 0 aliphatic carbocycles. The highest BCUT2D eigenvalue weighted by Crippen LogP contribution is 2.20. The van der Waals surface area contributed by atoms with E-state index >= 15 is 0 Å². The van der Waals surface area contributed by atoms with Crippen LogP contribution in [0.4, 0.5) is 5.69 Å². The van der Waals surface area contributed by atoms with Gasteiger partial charge in [-0.05, 0) is 37.5 Å². The third-order valence-electron chi connectivity index (χ3n) is 3.47. The molecule has 132 valence electrons. The fourth-order valence-corrected chi connectivity index (χ4v) is 2.09. The van der Waals surface area contributed by atoms with Crippen molar-refractivity contribution in [1.29, 1.82) is 0 Å². The van der Waals surface area contributed by atoms with E-state index in [9.17, 15) is 4.79 Å². The topological polar surface area (TPSA) is 73.6 Å². The van der Waals surface area contributed by atoms with E-state index < -0.39 is 6.04 Å². The lowest BCUT2D eigenvalue weighted by Crippen LogP contribution is -2.35. The van der Waals surface area contributed by atoms with Gasteiger partial charge in [0.15, 0.2) is 0 Å². The van der Waals surface area contributed by atoms with E-state index in [2.05, 4.69) is 5.32 Å². The number of benzene rings is 1. The van der Waals surface area contributed by atoms with E-state index in [1.165, 1.54) is 0 Å². The molecular weight excluding hydrogens is 316 g/mol. The molecule has 6 heteroatoms. The number of nitrogens with one attached hydrogen (secondary N) is 1. The van der Waals surface area contributed by atoms with Crippen molar-refractivity contribution < 1.29 is 14.3 Å². The second kappa shape index (κ2) is 12.3. The summed E-state index contributed by atoms with van der Waals surface area (Å²) in [5, 5.41) is 2.90. The molecule has 0 saturated carbocycles. The normalized spacial score (nSPS) is 11.7. The summed E-state index contributed by atoms with van der Waals surface area (Å²) in [5.74, 6) is -0.139. The number of amides is 1. The van der Waals surface area contributed by atoms with Crippen molar-refractivity contribution in [2.75, 3.05) is 25.1 Å². The summed E-state index contributed by atoms with van der Waals surface area (Å²) in [4.78, 5) is 12.0. The first-order chi connectivity index (χ1) is 10.6. The van der Waals surface area contributed by atoms with Crippen LogP contribution >= 0.6 is 12.4 Å². The molecule has 0 fully saturated rings. The molecule has 0 aliphatic rings. The van der Waals surface area contributed by atoms with Crippen molar-refractivity contribution in [2.24, 2.45) is 5.73 Å². The number of carbonyl (C=O) groups is 1. The number of nitrogens with two attached hydrogens (primary N) is 1. The summed E-state index contributed by atoms with van der Waals surface area (Å²) in [7, 11) is 0. The van der Waals surface area contributed by atoms with Gasteiger partial charge >= 0.3 is 0 Å². The SMILES string of the molecule is CCCC(N)C(=O)Nc1cccc(COCCOCC)c1C.Cl. The average molecular weight is 345 g/mol. The minimum atomic E-state index is -0.463. The molecule has 1 rings (SSSR count). The van der Waals surface area contributed by atoms with Crippen LogP contribution in [0.2, 0.25) is 0 Å². The molecule has 1 aromatic carbocycles. The molecule has 0 heterocycles. The lowest BCUT2D eigenvalue weighted by molar-refractivity contribution is -0.117. The number of hydrogen-bond donors (Lipinski definition) is 2. The average Bonchev–Trinajstić information content (AvgIpc) is 2.50. The van der Waals surface area contributed by atoms with Crippen LogP contribution in [0.25, 0.3) is 0 Å². The quantitative estimate of drug-likeness (QED) is 0.640. The predicted molar refractivity (Wildman–Crippen MR) is 96.1 cm³/mol. The molecule has 1 aromatic rings. The van der Waals surface area contributed by atoms with Crippen LogP contribution in [-0.4, -0.2) is 31.8 Å². The third kappa shape index (κ3) is 7.79. The number of hydrogen-bond acceptors (Lipinski definition) is 4. The second-order valence-electron chi connectivity index (χ2n) is 5.22. The van der Waals surface area contributed by atoms with Crippen molar-refractivity contribution >= 4 is 24.0 Å². The van der Waals surface area contributed by atoms with Gasteiger partial charge in [-0.1, -0.05) is 25.5 Å². The molecule has 5 nitrogen and oxygen atoms in total. The zero-order valence-corrected chi connectivity index (χ0v) is 15.1. The largest absolute Gasteiger partial charge is 0.379 e. The smallest absolute Gasteiger partial charge is 0.241 e. The number of ether oxygens (including phenoxy) is 2. The van der Waals surface area contributed by atoms with Gasteiger partial charge in [-0.25, -0.2) is 0 Å². The number of halogens is 1. The van der Waals surface area contributed by atoms with Gasteiger partial charge in [-0.15, -0.1) is 12.4 Å². The summed E-state index contributed by atoms with van der Waals surface area (Å²) in [5.41, 5.74) is 8.70. The van der Waals surface area contributed by atoms with Crippen molar-refractivity contribution in [3.8, 4) is 0 Å². The van der Waals surface area contributed by atoms with Gasteiger partial charge in [-0.2, -0.15) is 0 Å². The van der Waals surface area contributed by atoms with E-state index in [4.69, 9.17) is 15.2 Å². The highest BCUT2D eigenvalue weighted by Gasteiger charge is 2.14. The van der Waals surface area contributed by atoms with Gasteiger partial charge in [0.1, 0.15) is 0 Å². The van der Waals surface area contributed by atoms with E-state index in [0.29, 0.717) is 32.8 Å². The monoisotopic (exact) mass is 344 g/mol. The minimum Gasteiger partial charge on any atom is -0.379 e. The molecule has 0 spiro atoms. The van der Waals surface area contributed by atoms with Gasteiger partial charge in [0.05, 0.1) is 25.9 Å². The van der Waals surface area contributed by atoms with E-state index in [0.717, 1.165) is 23.2 Å². The molecule has 0 aliphatic heterocycles. The molecular formula is C17H29ClN2O3. The molecule has 3 N–H and O–H groups in total. The first-order valence-corrected chi connectivity index (χ1v) is 7.90. The molecule has 0 radical (unpaired) electrons. The Hall–Kier alpha value is -1.14. The Labute approximate surface area is 145 Å². The zero-order valence-electron chi connectivity index (χ0n) is 14.3. The van der Waals surface area contributed by atoms with Gasteiger partial charge < -0.3 is 20.5 Å². The van der Waals surface area contributed by atoms with Crippen LogP contribution in [0.5, 0.6) is 0 Å². The minimum absolute atomic E-state index is 0. The van der Waals surface area contributed by atoms with Crippen molar-refractivity contribution in [1.82, 2.24) is 0 Å². The maximum atomic E-state index is 12.0. The summed E-state index contributed by atoms with van der Waals surface area (Å²) < 4.78 is 10.8. The lowest BCUT2D eigenvalue weighted by Gasteiger charge is -2.15. The van der Waals surface area contributed by atoms with Gasteiger partial charge in [0.2, 0.25) is 5.91 Å². The second-order valence-corrected chi connectivity index (χ2v) is 5.22. The van der Waals surface area contributed by atoms with Crippen LogP contribution in [0.1, 0.15) is 37.8 Å². The Morgan fingerprint density at radius 3 is 2.61 bits per heavy atom. The summed E-state index contributed by atoms with van der Waals surface area (Å²) >= 11 is 0. The molecule has 1 unspecified atom stereocenters. The van der Waals surface area contributed by atoms with Gasteiger partial charge in [0, 0.05) is 12.3 Å². The standard InChI is InChI=1S/C17H28N2O3.ClH/c1-4-7-15(18)17(20)19-16-9-6-8-14(13(16)3)12-22-11-10-21-5-2;/h6,8-9,15H,4-5,7,10-12,18H2,1-3H3,(H,19,20);1H. The maximum absolute atomic E-state index is 12.0. The van der Waals surface area contributed by atoms with E-state index in [1.807, 2.05) is 39.0 Å². The van der Waals surface area contributed by atoms with Crippen LogP contribution in [0.15, 0.2) is 18.2 Å². The predicted octanol–water partition coefficient (Wildman–Crippen LogP) is 3.04. The Balaban J connectivity index is 0.00000484. The summed E-state index contributed by atoms with van der Waals surface area (Å²) in [6, 6.07) is 5.33. The Bertz CT molecular complexity index is 469. The van der Waals surface area contributed by atoms with Gasteiger partial charge in [0.25, 0.3) is 0 Å². The molecule has 1 amide bonds. The fraction of sp³-hybridized carbons (Fsp3) is 0.588. The molecule has 0 aromatic heterocycles. The van der Waals surface area contributed by atoms with Gasteiger partial charge in [-0.3, -0.25) is 4.79 Å². The van der Waals surface area contributed by atoms with Crippen LogP contribution in [0, 0.1) is 6.92 Å². The Kier molecular flexibility index (Phi) is 11.7. The number of rotatable bonds is 10. The first-order valence-electron chi connectivity index (χ1n) is 7.90. The Morgan fingerprint density at radius 2 is 1.96 bits per heavy atom. The molecule has 23 heavy (non-hydrogen) atoms. The van der Waals surface area contributed by atoms with Crippen molar-refractivity contribution in [3.05, 3.63) is 29.3 Å². The fourth-order valence-electron chi connectivity index (χ4n) is 2.09. The van der Waals surface area contributed by atoms with Crippen LogP contribution < -0.4 is 11.1 Å². The molecule has 0 bridgehead atoms. The first kappa shape index (κ1) is 21.9. The Morgan fingerprint density at radius 1 is 1.26 bits per heavy atom.